The summed E-state index contributed by atoms with van der Waals surface area (Å²) in [6.07, 6.45) is 1.14. The minimum Gasteiger partial charge on any atom is -0.386 e. The first-order valence-electron chi connectivity index (χ1n) is 6.38. The van der Waals surface area contributed by atoms with E-state index >= 15 is 0 Å². The van der Waals surface area contributed by atoms with Gasteiger partial charge in [0.2, 0.25) is 0 Å². The Hall–Kier alpha value is -1.55. The molecule has 4 nitrogen and oxygen atoms in total. The second-order valence-corrected chi connectivity index (χ2v) is 4.96. The summed E-state index contributed by atoms with van der Waals surface area (Å²) in [7, 11) is 4.03. The number of hydrogen-bond acceptors (Lipinski definition) is 4. The largest absolute Gasteiger partial charge is 0.386 e. The van der Waals surface area contributed by atoms with Crippen LogP contribution in [-0.2, 0) is 0 Å². The van der Waals surface area contributed by atoms with E-state index in [0.29, 0.717) is 6.04 Å². The molecule has 0 amide bonds. The SMILES string of the molecule is CNc1ccc(C(C)=O)cc1NC1CCN(C)C1. The first kappa shape index (κ1) is 12.9. The van der Waals surface area contributed by atoms with Crippen LogP contribution in [0.2, 0.25) is 0 Å². The fraction of sp³-hybridized carbons (Fsp3) is 0.500. The monoisotopic (exact) mass is 247 g/mol. The van der Waals surface area contributed by atoms with Crippen molar-refractivity contribution in [2.24, 2.45) is 0 Å². The normalized spacial score (nSPS) is 19.8. The highest BCUT2D eigenvalue weighted by Crippen LogP contribution is 2.25. The van der Waals surface area contributed by atoms with Gasteiger partial charge in [0.15, 0.2) is 5.78 Å². The number of rotatable bonds is 4. The molecule has 0 saturated carbocycles. The number of likely N-dealkylation sites (tertiary alicyclic amines) is 1. The van der Waals surface area contributed by atoms with Crippen molar-refractivity contribution in [2.75, 3.05) is 37.8 Å². The van der Waals surface area contributed by atoms with Gasteiger partial charge in [-0.05, 0) is 45.1 Å². The lowest BCUT2D eigenvalue weighted by Gasteiger charge is -2.18. The molecule has 2 rings (SSSR count). The van der Waals surface area contributed by atoms with Crippen LogP contribution >= 0.6 is 0 Å². The number of Topliss-reactive ketones (excluding diaryl/α,β-unsaturated/α-hetero) is 1. The van der Waals surface area contributed by atoms with Crippen LogP contribution in [0.3, 0.4) is 0 Å². The Bertz CT molecular complexity index is 445. The molecule has 1 unspecified atom stereocenters. The van der Waals surface area contributed by atoms with Crippen molar-refractivity contribution in [3.8, 4) is 0 Å². The third kappa shape index (κ3) is 2.82. The molecule has 98 valence electrons. The van der Waals surface area contributed by atoms with Crippen molar-refractivity contribution in [1.82, 2.24) is 4.90 Å². The van der Waals surface area contributed by atoms with Crippen molar-refractivity contribution in [3.63, 3.8) is 0 Å². The molecule has 1 atom stereocenters. The van der Waals surface area contributed by atoms with Crippen LogP contribution < -0.4 is 10.6 Å². The minimum atomic E-state index is 0.101. The average Bonchev–Trinajstić information content (AvgIpc) is 2.74. The highest BCUT2D eigenvalue weighted by Gasteiger charge is 2.20. The molecule has 0 bridgehead atoms. The lowest BCUT2D eigenvalue weighted by atomic mass is 10.1. The molecule has 0 aromatic heterocycles. The molecule has 1 fully saturated rings. The number of nitrogens with one attached hydrogen (secondary N) is 2. The van der Waals surface area contributed by atoms with Gasteiger partial charge in [0.05, 0.1) is 11.4 Å². The van der Waals surface area contributed by atoms with E-state index < -0.39 is 0 Å². The lowest BCUT2D eigenvalue weighted by molar-refractivity contribution is 0.101. The van der Waals surface area contributed by atoms with Crippen LogP contribution in [0.5, 0.6) is 0 Å². The minimum absolute atomic E-state index is 0.101. The number of anilines is 2. The lowest BCUT2D eigenvalue weighted by Crippen LogP contribution is -2.24. The van der Waals surface area contributed by atoms with E-state index in [0.717, 1.165) is 36.4 Å². The average molecular weight is 247 g/mol. The molecular weight excluding hydrogens is 226 g/mol. The molecule has 1 aliphatic rings. The summed E-state index contributed by atoms with van der Waals surface area (Å²) < 4.78 is 0. The van der Waals surface area contributed by atoms with Gasteiger partial charge >= 0.3 is 0 Å². The summed E-state index contributed by atoms with van der Waals surface area (Å²) >= 11 is 0. The van der Waals surface area contributed by atoms with Crippen molar-refractivity contribution in [2.45, 2.75) is 19.4 Å². The molecule has 2 N–H and O–H groups in total. The maximum absolute atomic E-state index is 11.4. The molecule has 1 aliphatic heterocycles. The number of ketones is 1. The van der Waals surface area contributed by atoms with E-state index in [1.165, 1.54) is 0 Å². The molecule has 1 saturated heterocycles. The maximum atomic E-state index is 11.4. The maximum Gasteiger partial charge on any atom is 0.159 e. The zero-order valence-corrected chi connectivity index (χ0v) is 11.3. The summed E-state index contributed by atoms with van der Waals surface area (Å²) in [5.41, 5.74) is 2.81. The Morgan fingerprint density at radius 2 is 2.17 bits per heavy atom. The van der Waals surface area contributed by atoms with E-state index in [1.807, 2.05) is 25.2 Å². The second kappa shape index (κ2) is 5.40. The summed E-state index contributed by atoms with van der Waals surface area (Å²) in [5.74, 6) is 0.101. The van der Waals surface area contributed by atoms with Gasteiger partial charge in [0.1, 0.15) is 0 Å². The number of likely N-dealkylation sites (N-methyl/N-ethyl adjacent to an activating group) is 1. The zero-order valence-electron chi connectivity index (χ0n) is 11.3. The van der Waals surface area contributed by atoms with E-state index in [2.05, 4.69) is 22.6 Å². The van der Waals surface area contributed by atoms with Gasteiger partial charge in [-0.3, -0.25) is 4.79 Å². The molecule has 0 aliphatic carbocycles. The van der Waals surface area contributed by atoms with Gasteiger partial charge in [0.25, 0.3) is 0 Å². The molecular formula is C14H21N3O. The van der Waals surface area contributed by atoms with E-state index in [9.17, 15) is 4.79 Å². The van der Waals surface area contributed by atoms with Gasteiger partial charge in [-0.1, -0.05) is 0 Å². The van der Waals surface area contributed by atoms with Gasteiger partial charge < -0.3 is 15.5 Å². The van der Waals surface area contributed by atoms with Crippen LogP contribution in [0.15, 0.2) is 18.2 Å². The van der Waals surface area contributed by atoms with Gasteiger partial charge in [-0.2, -0.15) is 0 Å². The van der Waals surface area contributed by atoms with E-state index in [-0.39, 0.29) is 5.78 Å². The van der Waals surface area contributed by atoms with Crippen LogP contribution in [-0.4, -0.2) is 43.9 Å². The number of hydrogen-bond donors (Lipinski definition) is 2. The molecule has 18 heavy (non-hydrogen) atoms. The molecule has 4 heteroatoms. The second-order valence-electron chi connectivity index (χ2n) is 4.96. The summed E-state index contributed by atoms with van der Waals surface area (Å²) in [4.78, 5) is 13.7. The van der Waals surface area contributed by atoms with Crippen molar-refractivity contribution < 1.29 is 4.79 Å². The quantitative estimate of drug-likeness (QED) is 0.799. The fourth-order valence-electron chi connectivity index (χ4n) is 2.37. The molecule has 1 aromatic carbocycles. The molecule has 0 spiro atoms. The highest BCUT2D eigenvalue weighted by atomic mass is 16.1. The number of nitrogens with zero attached hydrogens (tertiary/aromatic N) is 1. The summed E-state index contributed by atoms with van der Waals surface area (Å²) in [6, 6.07) is 6.22. The molecule has 1 heterocycles. The van der Waals surface area contributed by atoms with Gasteiger partial charge in [0, 0.05) is 25.2 Å². The van der Waals surface area contributed by atoms with Crippen LogP contribution in [0, 0.1) is 0 Å². The Labute approximate surface area is 108 Å². The number of benzene rings is 1. The first-order chi connectivity index (χ1) is 8.60. The van der Waals surface area contributed by atoms with E-state index in [4.69, 9.17) is 0 Å². The van der Waals surface area contributed by atoms with Crippen LogP contribution in [0.1, 0.15) is 23.7 Å². The smallest absolute Gasteiger partial charge is 0.159 e. The van der Waals surface area contributed by atoms with Crippen molar-refractivity contribution in [1.29, 1.82) is 0 Å². The zero-order chi connectivity index (χ0) is 13.1. The van der Waals surface area contributed by atoms with E-state index in [1.54, 1.807) is 6.92 Å². The number of carbonyl (C=O) groups excluding carboxylic acids is 1. The Balaban J connectivity index is 2.18. The van der Waals surface area contributed by atoms with Gasteiger partial charge in [-0.15, -0.1) is 0 Å². The summed E-state index contributed by atoms with van der Waals surface area (Å²) in [6.45, 7) is 3.77. The van der Waals surface area contributed by atoms with Crippen molar-refractivity contribution >= 4 is 17.2 Å². The molecule has 1 aromatic rings. The Morgan fingerprint density at radius 3 is 2.72 bits per heavy atom. The van der Waals surface area contributed by atoms with Gasteiger partial charge in [-0.25, -0.2) is 0 Å². The van der Waals surface area contributed by atoms with Crippen molar-refractivity contribution in [3.05, 3.63) is 23.8 Å². The van der Waals surface area contributed by atoms with Crippen LogP contribution in [0.25, 0.3) is 0 Å². The summed E-state index contributed by atoms with van der Waals surface area (Å²) in [5, 5.41) is 6.69. The first-order valence-corrected chi connectivity index (χ1v) is 6.38. The standard InChI is InChI=1S/C14H21N3O/c1-10(18)11-4-5-13(15-2)14(8-11)16-12-6-7-17(3)9-12/h4-5,8,12,15-16H,6-7,9H2,1-3H3. The Kier molecular flexibility index (Phi) is 3.87. The number of carbonyl (C=O) groups is 1. The third-order valence-corrected chi connectivity index (χ3v) is 3.45. The Morgan fingerprint density at radius 1 is 1.39 bits per heavy atom. The topological polar surface area (TPSA) is 44.4 Å². The third-order valence-electron chi connectivity index (χ3n) is 3.45. The molecule has 0 radical (unpaired) electrons. The highest BCUT2D eigenvalue weighted by molar-refractivity contribution is 5.96. The fourth-order valence-corrected chi connectivity index (χ4v) is 2.37. The predicted octanol–water partition coefficient (Wildman–Crippen LogP) is 2.05. The van der Waals surface area contributed by atoms with Crippen LogP contribution in [0.4, 0.5) is 11.4 Å². The predicted molar refractivity (Wildman–Crippen MR) is 75.5 cm³/mol.